The summed E-state index contributed by atoms with van der Waals surface area (Å²) in [6.07, 6.45) is 0. The highest BCUT2D eigenvalue weighted by Crippen LogP contribution is 2.31. The highest BCUT2D eigenvalue weighted by molar-refractivity contribution is 5.98. The van der Waals surface area contributed by atoms with Crippen LogP contribution in [-0.4, -0.2) is 20.1 Å². The van der Waals surface area contributed by atoms with Gasteiger partial charge in [-0.2, -0.15) is 5.26 Å². The van der Waals surface area contributed by atoms with E-state index in [9.17, 15) is 18.8 Å². The summed E-state index contributed by atoms with van der Waals surface area (Å²) in [6.45, 7) is 0. The SMILES string of the molecule is COc1cccc(C(=O)NC(C#N)c2ccc(F)cc2F)c1OC. The van der Waals surface area contributed by atoms with Crippen molar-refractivity contribution in [1.82, 2.24) is 5.32 Å². The van der Waals surface area contributed by atoms with Crippen molar-refractivity contribution < 1.29 is 23.0 Å². The van der Waals surface area contributed by atoms with Gasteiger partial charge in [-0.15, -0.1) is 0 Å². The number of carbonyl (C=O) groups is 1. The molecule has 0 heterocycles. The summed E-state index contributed by atoms with van der Waals surface area (Å²) in [7, 11) is 2.79. The van der Waals surface area contributed by atoms with Gasteiger partial charge in [0.1, 0.15) is 17.7 Å². The summed E-state index contributed by atoms with van der Waals surface area (Å²) in [5, 5.41) is 11.6. The molecule has 0 aliphatic carbocycles. The molecule has 5 nitrogen and oxygen atoms in total. The first-order valence-corrected chi connectivity index (χ1v) is 6.88. The Morgan fingerprint density at radius 3 is 2.54 bits per heavy atom. The van der Waals surface area contributed by atoms with Gasteiger partial charge in [-0.1, -0.05) is 12.1 Å². The number of para-hydroxylation sites is 1. The molecule has 24 heavy (non-hydrogen) atoms. The van der Waals surface area contributed by atoms with E-state index in [0.29, 0.717) is 11.8 Å². The maximum Gasteiger partial charge on any atom is 0.256 e. The van der Waals surface area contributed by atoms with Crippen molar-refractivity contribution in [2.75, 3.05) is 14.2 Å². The van der Waals surface area contributed by atoms with Crippen molar-refractivity contribution in [2.45, 2.75) is 6.04 Å². The van der Waals surface area contributed by atoms with E-state index < -0.39 is 23.6 Å². The number of halogens is 2. The number of carbonyl (C=O) groups excluding carboxylic acids is 1. The molecule has 2 aromatic carbocycles. The second kappa shape index (κ2) is 7.42. The molecule has 2 aromatic rings. The number of benzene rings is 2. The summed E-state index contributed by atoms with van der Waals surface area (Å²) >= 11 is 0. The van der Waals surface area contributed by atoms with Crippen LogP contribution in [0.15, 0.2) is 36.4 Å². The first-order chi connectivity index (χ1) is 11.5. The molecule has 2 rings (SSSR count). The molecule has 1 amide bonds. The standard InChI is InChI=1S/C17H14F2N2O3/c1-23-15-5-3-4-12(16(15)24-2)17(22)21-14(9-20)11-7-6-10(18)8-13(11)19/h3-8,14H,1-2H3,(H,21,22). The van der Waals surface area contributed by atoms with Crippen molar-refractivity contribution in [1.29, 1.82) is 5.26 Å². The summed E-state index contributed by atoms with van der Waals surface area (Å²) in [4.78, 5) is 12.4. The van der Waals surface area contributed by atoms with E-state index in [4.69, 9.17) is 9.47 Å². The molecular formula is C17H14F2N2O3. The van der Waals surface area contributed by atoms with Crippen LogP contribution in [0, 0.1) is 23.0 Å². The first-order valence-electron chi connectivity index (χ1n) is 6.88. The lowest BCUT2D eigenvalue weighted by atomic mass is 10.1. The molecule has 0 spiro atoms. The molecule has 0 fully saturated rings. The van der Waals surface area contributed by atoms with Gasteiger partial charge in [0.05, 0.1) is 25.9 Å². The summed E-state index contributed by atoms with van der Waals surface area (Å²) in [5.74, 6) is -1.81. The summed E-state index contributed by atoms with van der Waals surface area (Å²) in [6, 6.07) is 7.94. The highest BCUT2D eigenvalue weighted by Gasteiger charge is 2.22. The average molecular weight is 332 g/mol. The smallest absolute Gasteiger partial charge is 0.256 e. The summed E-state index contributed by atoms with van der Waals surface area (Å²) in [5.41, 5.74) is -0.00580. The van der Waals surface area contributed by atoms with Crippen LogP contribution in [-0.2, 0) is 0 Å². The molecular weight excluding hydrogens is 318 g/mol. The Kier molecular flexibility index (Phi) is 5.32. The molecule has 0 aromatic heterocycles. The zero-order valence-corrected chi connectivity index (χ0v) is 13.0. The van der Waals surface area contributed by atoms with Gasteiger partial charge in [0.25, 0.3) is 5.91 Å². The normalized spacial score (nSPS) is 11.3. The lowest BCUT2D eigenvalue weighted by molar-refractivity contribution is 0.0941. The molecule has 0 saturated heterocycles. The molecule has 0 saturated carbocycles. The Bertz CT molecular complexity index is 803. The van der Waals surface area contributed by atoms with E-state index in [0.717, 1.165) is 12.1 Å². The van der Waals surface area contributed by atoms with Gasteiger partial charge in [0.15, 0.2) is 11.5 Å². The highest BCUT2D eigenvalue weighted by atomic mass is 19.1. The Labute approximate surface area is 137 Å². The fraction of sp³-hybridized carbons (Fsp3) is 0.176. The molecule has 0 radical (unpaired) electrons. The Hall–Kier alpha value is -3.14. The third-order valence-corrected chi connectivity index (χ3v) is 3.33. The van der Waals surface area contributed by atoms with Gasteiger partial charge < -0.3 is 14.8 Å². The number of rotatable bonds is 5. The third-order valence-electron chi connectivity index (χ3n) is 3.33. The van der Waals surface area contributed by atoms with Crippen LogP contribution in [0.4, 0.5) is 8.78 Å². The van der Waals surface area contributed by atoms with Crippen LogP contribution in [0.1, 0.15) is 22.0 Å². The second-order valence-electron chi connectivity index (χ2n) is 4.74. The van der Waals surface area contributed by atoms with E-state index >= 15 is 0 Å². The summed E-state index contributed by atoms with van der Waals surface area (Å²) < 4.78 is 37.1. The van der Waals surface area contributed by atoms with Gasteiger partial charge in [-0.3, -0.25) is 4.79 Å². The average Bonchev–Trinajstić information content (AvgIpc) is 2.59. The number of ether oxygens (including phenoxy) is 2. The predicted molar refractivity (Wildman–Crippen MR) is 81.7 cm³/mol. The number of nitrogens with zero attached hydrogens (tertiary/aromatic N) is 1. The number of hydrogen-bond acceptors (Lipinski definition) is 4. The topological polar surface area (TPSA) is 71.3 Å². The van der Waals surface area contributed by atoms with Crippen molar-refractivity contribution >= 4 is 5.91 Å². The van der Waals surface area contributed by atoms with Gasteiger partial charge in [-0.05, 0) is 18.2 Å². The zero-order valence-electron chi connectivity index (χ0n) is 13.0. The van der Waals surface area contributed by atoms with Crippen LogP contribution >= 0.6 is 0 Å². The number of hydrogen-bond donors (Lipinski definition) is 1. The molecule has 1 N–H and O–H groups in total. The Balaban J connectivity index is 2.32. The number of nitriles is 1. The molecule has 7 heteroatoms. The molecule has 1 unspecified atom stereocenters. The molecule has 0 aliphatic rings. The third kappa shape index (κ3) is 3.43. The van der Waals surface area contributed by atoms with Gasteiger partial charge >= 0.3 is 0 Å². The minimum absolute atomic E-state index is 0.125. The number of amides is 1. The van der Waals surface area contributed by atoms with Crippen LogP contribution in [0.2, 0.25) is 0 Å². The van der Waals surface area contributed by atoms with Crippen molar-refractivity contribution in [3.05, 3.63) is 59.2 Å². The van der Waals surface area contributed by atoms with E-state index in [1.54, 1.807) is 18.2 Å². The molecule has 1 atom stereocenters. The van der Waals surface area contributed by atoms with E-state index in [1.165, 1.54) is 20.3 Å². The lowest BCUT2D eigenvalue weighted by Crippen LogP contribution is -2.28. The predicted octanol–water partition coefficient (Wildman–Crippen LogP) is 2.98. The van der Waals surface area contributed by atoms with Crippen LogP contribution in [0.3, 0.4) is 0 Å². The number of nitrogens with one attached hydrogen (secondary N) is 1. The van der Waals surface area contributed by atoms with Crippen molar-refractivity contribution in [3.63, 3.8) is 0 Å². The quantitative estimate of drug-likeness (QED) is 0.914. The Morgan fingerprint density at radius 2 is 1.96 bits per heavy atom. The van der Waals surface area contributed by atoms with Crippen LogP contribution in [0.5, 0.6) is 11.5 Å². The van der Waals surface area contributed by atoms with E-state index in [2.05, 4.69) is 5.32 Å². The van der Waals surface area contributed by atoms with E-state index in [-0.39, 0.29) is 16.9 Å². The minimum atomic E-state index is -1.28. The molecule has 0 bridgehead atoms. The van der Waals surface area contributed by atoms with Gasteiger partial charge in [0, 0.05) is 11.6 Å². The van der Waals surface area contributed by atoms with Crippen molar-refractivity contribution in [2.24, 2.45) is 0 Å². The fourth-order valence-electron chi connectivity index (χ4n) is 2.19. The fourth-order valence-corrected chi connectivity index (χ4v) is 2.19. The minimum Gasteiger partial charge on any atom is -0.493 e. The monoisotopic (exact) mass is 332 g/mol. The van der Waals surface area contributed by atoms with Gasteiger partial charge in [-0.25, -0.2) is 8.78 Å². The maximum atomic E-state index is 13.8. The van der Waals surface area contributed by atoms with Crippen LogP contribution < -0.4 is 14.8 Å². The van der Waals surface area contributed by atoms with E-state index in [1.807, 2.05) is 0 Å². The number of methoxy groups -OCH3 is 2. The Morgan fingerprint density at radius 1 is 1.21 bits per heavy atom. The second-order valence-corrected chi connectivity index (χ2v) is 4.74. The lowest BCUT2D eigenvalue weighted by Gasteiger charge is -2.15. The molecule has 0 aliphatic heterocycles. The zero-order chi connectivity index (χ0) is 17.7. The first kappa shape index (κ1) is 17.2. The maximum absolute atomic E-state index is 13.8. The largest absolute Gasteiger partial charge is 0.493 e. The van der Waals surface area contributed by atoms with Crippen molar-refractivity contribution in [3.8, 4) is 17.6 Å². The molecule has 124 valence electrons. The van der Waals surface area contributed by atoms with Gasteiger partial charge in [0.2, 0.25) is 0 Å². The van der Waals surface area contributed by atoms with Crippen LogP contribution in [0.25, 0.3) is 0 Å².